The lowest BCUT2D eigenvalue weighted by Crippen LogP contribution is -2.52. The molecule has 2 aromatic carbocycles. The van der Waals surface area contributed by atoms with Gasteiger partial charge in [0.1, 0.15) is 6.04 Å². The van der Waals surface area contributed by atoms with E-state index in [1.54, 1.807) is 52.3 Å². The summed E-state index contributed by atoms with van der Waals surface area (Å²) in [6.07, 6.45) is 1.66. The zero-order valence-corrected chi connectivity index (χ0v) is 19.7. The van der Waals surface area contributed by atoms with Crippen molar-refractivity contribution in [2.75, 3.05) is 32.8 Å². The zero-order valence-electron chi connectivity index (χ0n) is 19.7. The van der Waals surface area contributed by atoms with Crippen molar-refractivity contribution in [1.29, 1.82) is 0 Å². The van der Waals surface area contributed by atoms with Gasteiger partial charge in [-0.3, -0.25) is 14.4 Å². The molecule has 1 aliphatic heterocycles. The van der Waals surface area contributed by atoms with Gasteiger partial charge in [0.05, 0.1) is 6.26 Å². The van der Waals surface area contributed by atoms with Crippen LogP contribution in [0.4, 0.5) is 0 Å². The fourth-order valence-corrected chi connectivity index (χ4v) is 3.91. The number of rotatable bonds is 8. The Kier molecular flexibility index (Phi) is 8.12. The van der Waals surface area contributed by atoms with E-state index in [1.807, 2.05) is 30.3 Å². The van der Waals surface area contributed by atoms with Crippen molar-refractivity contribution in [3.05, 3.63) is 95.9 Å². The van der Waals surface area contributed by atoms with Crippen LogP contribution in [-0.2, 0) is 20.7 Å². The highest BCUT2D eigenvalue weighted by molar-refractivity contribution is 5.97. The number of hydrogen-bond donors (Lipinski definition) is 1. The minimum atomic E-state index is -0.962. The first-order valence-electron chi connectivity index (χ1n) is 11.7. The van der Waals surface area contributed by atoms with E-state index < -0.39 is 24.5 Å². The molecule has 0 radical (unpaired) electrons. The van der Waals surface area contributed by atoms with Gasteiger partial charge in [-0.15, -0.1) is 0 Å². The molecule has 0 bridgehead atoms. The summed E-state index contributed by atoms with van der Waals surface area (Å²) >= 11 is 0. The quantitative estimate of drug-likeness (QED) is 0.486. The second kappa shape index (κ2) is 11.8. The van der Waals surface area contributed by atoms with Gasteiger partial charge in [0, 0.05) is 38.2 Å². The minimum Gasteiger partial charge on any atom is -0.459 e. The first kappa shape index (κ1) is 24.7. The van der Waals surface area contributed by atoms with Crippen LogP contribution >= 0.6 is 0 Å². The van der Waals surface area contributed by atoms with Crippen LogP contribution in [-0.4, -0.2) is 72.3 Å². The van der Waals surface area contributed by atoms with Crippen LogP contribution in [0, 0.1) is 0 Å². The lowest BCUT2D eigenvalue weighted by atomic mass is 10.1. The first-order chi connectivity index (χ1) is 17.5. The van der Waals surface area contributed by atoms with Gasteiger partial charge in [-0.25, -0.2) is 4.79 Å². The molecule has 3 aromatic rings. The molecular weight excluding hydrogens is 462 g/mol. The fraction of sp³-hybridized carbons (Fsp3) is 0.259. The van der Waals surface area contributed by atoms with Gasteiger partial charge in [-0.05, 0) is 29.8 Å². The van der Waals surface area contributed by atoms with Crippen molar-refractivity contribution in [2.45, 2.75) is 12.5 Å². The van der Waals surface area contributed by atoms with Crippen LogP contribution in [0.3, 0.4) is 0 Å². The third-order valence-electron chi connectivity index (χ3n) is 5.90. The Balaban J connectivity index is 1.31. The molecule has 36 heavy (non-hydrogen) atoms. The Labute approximate surface area is 208 Å². The molecule has 9 nitrogen and oxygen atoms in total. The minimum absolute atomic E-state index is 0.222. The largest absolute Gasteiger partial charge is 0.459 e. The van der Waals surface area contributed by atoms with E-state index in [-0.39, 0.29) is 24.0 Å². The second-order valence-electron chi connectivity index (χ2n) is 8.34. The summed E-state index contributed by atoms with van der Waals surface area (Å²) in [5, 5.41) is 2.73. The summed E-state index contributed by atoms with van der Waals surface area (Å²) in [4.78, 5) is 53.8. The lowest BCUT2D eigenvalue weighted by Gasteiger charge is -2.34. The maximum absolute atomic E-state index is 12.9. The third kappa shape index (κ3) is 6.38. The maximum atomic E-state index is 12.9. The molecular formula is C27H27N3O6. The number of benzene rings is 2. The van der Waals surface area contributed by atoms with E-state index in [4.69, 9.17) is 9.15 Å². The Bertz CT molecular complexity index is 1170. The van der Waals surface area contributed by atoms with Gasteiger partial charge in [-0.1, -0.05) is 48.5 Å². The third-order valence-corrected chi connectivity index (χ3v) is 5.90. The normalized spacial score (nSPS) is 14.1. The highest BCUT2D eigenvalue weighted by Gasteiger charge is 2.28. The van der Waals surface area contributed by atoms with Gasteiger partial charge in [-0.2, -0.15) is 0 Å². The van der Waals surface area contributed by atoms with Gasteiger partial charge >= 0.3 is 5.97 Å². The van der Waals surface area contributed by atoms with Crippen molar-refractivity contribution < 1.29 is 28.3 Å². The van der Waals surface area contributed by atoms with Crippen LogP contribution in [0.2, 0.25) is 0 Å². The molecule has 0 aliphatic carbocycles. The smallest absolute Gasteiger partial charge is 0.329 e. The summed E-state index contributed by atoms with van der Waals surface area (Å²) in [5.41, 5.74) is 1.26. The highest BCUT2D eigenvalue weighted by Crippen LogP contribution is 2.11. The number of piperazine rings is 1. The monoisotopic (exact) mass is 489 g/mol. The fourth-order valence-electron chi connectivity index (χ4n) is 3.91. The van der Waals surface area contributed by atoms with Gasteiger partial charge in [0.15, 0.2) is 12.4 Å². The molecule has 1 aromatic heterocycles. The molecule has 1 unspecified atom stereocenters. The zero-order chi connectivity index (χ0) is 25.3. The molecule has 4 rings (SSSR count). The Hall–Kier alpha value is -4.40. The van der Waals surface area contributed by atoms with Gasteiger partial charge < -0.3 is 24.3 Å². The van der Waals surface area contributed by atoms with E-state index >= 15 is 0 Å². The molecule has 186 valence electrons. The number of esters is 1. The average molecular weight is 490 g/mol. The number of nitrogens with zero attached hydrogens (tertiary/aromatic N) is 2. The maximum Gasteiger partial charge on any atom is 0.329 e. The summed E-state index contributed by atoms with van der Waals surface area (Å²) in [5.74, 6) is -1.43. The Morgan fingerprint density at radius 2 is 1.47 bits per heavy atom. The predicted molar refractivity (Wildman–Crippen MR) is 130 cm³/mol. The van der Waals surface area contributed by atoms with E-state index in [1.165, 1.54) is 6.26 Å². The summed E-state index contributed by atoms with van der Waals surface area (Å²) < 4.78 is 10.5. The molecule has 0 saturated carbocycles. The van der Waals surface area contributed by atoms with Crippen LogP contribution < -0.4 is 5.32 Å². The molecule has 0 spiro atoms. The van der Waals surface area contributed by atoms with E-state index in [0.717, 1.165) is 5.56 Å². The van der Waals surface area contributed by atoms with Crippen LogP contribution in [0.1, 0.15) is 26.5 Å². The number of amides is 3. The van der Waals surface area contributed by atoms with Crippen molar-refractivity contribution in [3.8, 4) is 0 Å². The predicted octanol–water partition coefficient (Wildman–Crippen LogP) is 2.15. The van der Waals surface area contributed by atoms with E-state index in [0.29, 0.717) is 31.7 Å². The number of carbonyl (C=O) groups is 4. The molecule has 1 N–H and O–H groups in total. The van der Waals surface area contributed by atoms with E-state index in [9.17, 15) is 19.2 Å². The number of nitrogens with one attached hydrogen (secondary N) is 1. The average Bonchev–Trinajstić information content (AvgIpc) is 3.47. The molecule has 2 heterocycles. The summed E-state index contributed by atoms with van der Waals surface area (Å²) in [6.45, 7) is 0.894. The lowest BCUT2D eigenvalue weighted by molar-refractivity contribution is -0.154. The summed E-state index contributed by atoms with van der Waals surface area (Å²) in [7, 11) is 0. The van der Waals surface area contributed by atoms with Crippen LogP contribution in [0.15, 0.2) is 83.5 Å². The Morgan fingerprint density at radius 3 is 2.11 bits per heavy atom. The number of furan rings is 1. The van der Waals surface area contributed by atoms with Crippen LogP contribution in [0.5, 0.6) is 0 Å². The summed E-state index contributed by atoms with van der Waals surface area (Å²) in [6, 6.07) is 20.1. The SMILES string of the molecule is O=C(NC(Cc1ccccc1)C(=O)OCC(=O)N1CCN(C(=O)c2ccco2)CC1)c1ccccc1. The molecule has 9 heteroatoms. The van der Waals surface area contributed by atoms with Crippen molar-refractivity contribution in [1.82, 2.24) is 15.1 Å². The molecule has 3 amide bonds. The number of carbonyl (C=O) groups excluding carboxylic acids is 4. The van der Waals surface area contributed by atoms with Gasteiger partial charge in [0.2, 0.25) is 0 Å². The standard InChI is InChI=1S/C27H27N3O6/c31-24(29-13-15-30(16-14-29)26(33)23-12-7-17-35-23)19-36-27(34)22(18-20-8-3-1-4-9-20)28-25(32)21-10-5-2-6-11-21/h1-12,17,22H,13-16,18-19H2,(H,28,32). The van der Waals surface area contributed by atoms with Crippen molar-refractivity contribution in [2.24, 2.45) is 0 Å². The van der Waals surface area contributed by atoms with E-state index in [2.05, 4.69) is 5.32 Å². The molecule has 1 atom stereocenters. The molecule has 1 fully saturated rings. The number of ether oxygens (including phenoxy) is 1. The van der Waals surface area contributed by atoms with Crippen molar-refractivity contribution in [3.63, 3.8) is 0 Å². The van der Waals surface area contributed by atoms with Crippen molar-refractivity contribution >= 4 is 23.7 Å². The first-order valence-corrected chi connectivity index (χ1v) is 11.7. The van der Waals surface area contributed by atoms with Crippen LogP contribution in [0.25, 0.3) is 0 Å². The molecule has 1 saturated heterocycles. The highest BCUT2D eigenvalue weighted by atomic mass is 16.5. The topological polar surface area (TPSA) is 109 Å². The number of hydrogen-bond acceptors (Lipinski definition) is 6. The molecule has 1 aliphatic rings. The van der Waals surface area contributed by atoms with Gasteiger partial charge in [0.25, 0.3) is 17.7 Å². The Morgan fingerprint density at radius 1 is 0.833 bits per heavy atom. The second-order valence-corrected chi connectivity index (χ2v) is 8.34.